The van der Waals surface area contributed by atoms with E-state index in [1.54, 1.807) is 17.5 Å². The van der Waals surface area contributed by atoms with Gasteiger partial charge >= 0.3 is 0 Å². The summed E-state index contributed by atoms with van der Waals surface area (Å²) in [4.78, 5) is 10.6. The fourth-order valence-corrected chi connectivity index (χ4v) is 2.37. The van der Waals surface area contributed by atoms with Gasteiger partial charge in [0, 0.05) is 22.1 Å². The van der Waals surface area contributed by atoms with Crippen molar-refractivity contribution in [2.75, 3.05) is 5.32 Å². The minimum Gasteiger partial charge on any atom is -0.360 e. The van der Waals surface area contributed by atoms with Crippen molar-refractivity contribution in [3.8, 4) is 6.07 Å². The Labute approximate surface area is 104 Å². The van der Waals surface area contributed by atoms with Crippen molar-refractivity contribution in [3.63, 3.8) is 0 Å². The van der Waals surface area contributed by atoms with Crippen molar-refractivity contribution in [1.82, 2.24) is 9.97 Å². The van der Waals surface area contributed by atoms with E-state index >= 15 is 0 Å². The SMILES string of the molecule is Cc1ccc(C(C)Nc2nccnc2C#N)s1. The van der Waals surface area contributed by atoms with Gasteiger partial charge in [-0.05, 0) is 26.0 Å². The highest BCUT2D eigenvalue weighted by Crippen LogP contribution is 2.25. The molecule has 0 aliphatic carbocycles. The largest absolute Gasteiger partial charge is 0.360 e. The van der Waals surface area contributed by atoms with Crippen molar-refractivity contribution in [1.29, 1.82) is 5.26 Å². The van der Waals surface area contributed by atoms with Gasteiger partial charge in [0.2, 0.25) is 0 Å². The summed E-state index contributed by atoms with van der Waals surface area (Å²) in [6.45, 7) is 4.12. The molecule has 5 heteroatoms. The molecule has 17 heavy (non-hydrogen) atoms. The molecule has 0 fully saturated rings. The molecule has 2 aromatic rings. The third kappa shape index (κ3) is 2.60. The monoisotopic (exact) mass is 244 g/mol. The van der Waals surface area contributed by atoms with Crippen LogP contribution in [0.2, 0.25) is 0 Å². The molecule has 0 spiro atoms. The molecule has 0 saturated heterocycles. The molecule has 0 saturated carbocycles. The molecule has 0 aromatic carbocycles. The first-order chi connectivity index (χ1) is 8.20. The molecule has 1 unspecified atom stereocenters. The summed E-state index contributed by atoms with van der Waals surface area (Å²) in [7, 11) is 0. The number of aromatic nitrogens is 2. The van der Waals surface area contributed by atoms with Crippen molar-refractivity contribution in [3.05, 3.63) is 40.0 Å². The molecule has 0 aliphatic heterocycles. The Kier molecular flexibility index (Phi) is 3.35. The summed E-state index contributed by atoms with van der Waals surface area (Å²) in [6.07, 6.45) is 3.10. The van der Waals surface area contributed by atoms with Crippen LogP contribution in [-0.4, -0.2) is 9.97 Å². The lowest BCUT2D eigenvalue weighted by atomic mass is 10.2. The molecule has 0 radical (unpaired) electrons. The van der Waals surface area contributed by atoms with Crippen molar-refractivity contribution < 1.29 is 0 Å². The third-order valence-corrected chi connectivity index (χ3v) is 3.53. The maximum atomic E-state index is 8.92. The lowest BCUT2D eigenvalue weighted by molar-refractivity contribution is 0.890. The molecule has 86 valence electrons. The smallest absolute Gasteiger partial charge is 0.182 e. The van der Waals surface area contributed by atoms with E-state index in [0.29, 0.717) is 11.5 Å². The molecule has 4 nitrogen and oxygen atoms in total. The lowest BCUT2D eigenvalue weighted by Gasteiger charge is -2.12. The van der Waals surface area contributed by atoms with Crippen LogP contribution in [0.15, 0.2) is 24.5 Å². The van der Waals surface area contributed by atoms with E-state index in [1.165, 1.54) is 16.0 Å². The van der Waals surface area contributed by atoms with Gasteiger partial charge in [-0.3, -0.25) is 0 Å². The number of nitrogens with zero attached hydrogens (tertiary/aromatic N) is 3. The number of nitrogens with one attached hydrogen (secondary N) is 1. The van der Waals surface area contributed by atoms with Gasteiger partial charge in [0.15, 0.2) is 11.5 Å². The Balaban J connectivity index is 2.19. The van der Waals surface area contributed by atoms with E-state index in [4.69, 9.17) is 5.26 Å². The highest BCUT2D eigenvalue weighted by atomic mass is 32.1. The first-order valence-electron chi connectivity index (χ1n) is 5.24. The average Bonchev–Trinajstić information content (AvgIpc) is 2.77. The highest BCUT2D eigenvalue weighted by molar-refractivity contribution is 7.12. The standard InChI is InChI=1S/C12H12N4S/c1-8-3-4-11(17-8)9(2)16-12-10(7-13)14-5-6-15-12/h3-6,9H,1-2H3,(H,15,16). The van der Waals surface area contributed by atoms with E-state index in [0.717, 1.165) is 0 Å². The summed E-state index contributed by atoms with van der Waals surface area (Å²) in [5.74, 6) is 0.536. The quantitative estimate of drug-likeness (QED) is 0.901. The number of hydrogen-bond donors (Lipinski definition) is 1. The summed E-state index contributed by atoms with van der Waals surface area (Å²) in [6, 6.07) is 6.31. The molecule has 2 rings (SSSR count). The van der Waals surface area contributed by atoms with Gasteiger partial charge in [-0.2, -0.15) is 5.26 Å². The molecule has 0 bridgehead atoms. The van der Waals surface area contributed by atoms with Gasteiger partial charge in [-0.15, -0.1) is 11.3 Å². The normalized spacial score (nSPS) is 11.8. The van der Waals surface area contributed by atoms with Crippen LogP contribution in [0.25, 0.3) is 0 Å². The van der Waals surface area contributed by atoms with Crippen molar-refractivity contribution >= 4 is 17.2 Å². The first-order valence-corrected chi connectivity index (χ1v) is 6.06. The number of aryl methyl sites for hydroxylation is 1. The Morgan fingerprint density at radius 3 is 2.76 bits per heavy atom. The van der Waals surface area contributed by atoms with E-state index < -0.39 is 0 Å². The predicted molar refractivity (Wildman–Crippen MR) is 67.8 cm³/mol. The number of hydrogen-bond acceptors (Lipinski definition) is 5. The van der Waals surface area contributed by atoms with E-state index in [-0.39, 0.29) is 6.04 Å². The van der Waals surface area contributed by atoms with Gasteiger partial charge in [-0.1, -0.05) is 0 Å². The molecular weight excluding hydrogens is 232 g/mol. The molecule has 1 atom stereocenters. The predicted octanol–water partition coefficient (Wildman–Crippen LogP) is 2.89. The Hall–Kier alpha value is -1.93. The van der Waals surface area contributed by atoms with Gasteiger partial charge < -0.3 is 5.32 Å². The second-order valence-electron chi connectivity index (χ2n) is 3.68. The molecular formula is C12H12N4S. The topological polar surface area (TPSA) is 61.6 Å². The minimum atomic E-state index is 0.123. The van der Waals surface area contributed by atoms with Crippen LogP contribution in [0, 0.1) is 18.3 Å². The van der Waals surface area contributed by atoms with Crippen LogP contribution in [0.1, 0.15) is 28.4 Å². The zero-order chi connectivity index (χ0) is 12.3. The van der Waals surface area contributed by atoms with Crippen LogP contribution in [0.5, 0.6) is 0 Å². The van der Waals surface area contributed by atoms with Crippen LogP contribution in [0.3, 0.4) is 0 Å². The van der Waals surface area contributed by atoms with Crippen molar-refractivity contribution in [2.45, 2.75) is 19.9 Å². The lowest BCUT2D eigenvalue weighted by Crippen LogP contribution is -2.08. The third-order valence-electron chi connectivity index (χ3n) is 2.35. The zero-order valence-electron chi connectivity index (χ0n) is 9.64. The molecule has 0 aliphatic rings. The molecule has 2 aromatic heterocycles. The number of thiophene rings is 1. The fraction of sp³-hybridized carbons (Fsp3) is 0.250. The van der Waals surface area contributed by atoms with Crippen LogP contribution in [0.4, 0.5) is 5.82 Å². The highest BCUT2D eigenvalue weighted by Gasteiger charge is 2.11. The van der Waals surface area contributed by atoms with E-state index in [9.17, 15) is 0 Å². The van der Waals surface area contributed by atoms with E-state index in [1.807, 2.05) is 13.0 Å². The molecule has 1 N–H and O–H groups in total. The van der Waals surface area contributed by atoms with Gasteiger partial charge in [0.1, 0.15) is 6.07 Å². The molecule has 2 heterocycles. The van der Waals surface area contributed by atoms with Crippen molar-refractivity contribution in [2.24, 2.45) is 0 Å². The fourth-order valence-electron chi connectivity index (χ4n) is 1.49. The maximum absolute atomic E-state index is 8.92. The minimum absolute atomic E-state index is 0.123. The van der Waals surface area contributed by atoms with Gasteiger partial charge in [0.25, 0.3) is 0 Å². The second-order valence-corrected chi connectivity index (χ2v) is 5.00. The molecule has 0 amide bonds. The second kappa shape index (κ2) is 4.93. The van der Waals surface area contributed by atoms with E-state index in [2.05, 4.69) is 34.3 Å². The number of rotatable bonds is 3. The number of nitriles is 1. The number of anilines is 1. The maximum Gasteiger partial charge on any atom is 0.182 e. The van der Waals surface area contributed by atoms with Crippen LogP contribution in [-0.2, 0) is 0 Å². The van der Waals surface area contributed by atoms with Crippen LogP contribution < -0.4 is 5.32 Å². The Morgan fingerprint density at radius 1 is 1.35 bits per heavy atom. The van der Waals surface area contributed by atoms with Gasteiger partial charge in [0.05, 0.1) is 6.04 Å². The average molecular weight is 244 g/mol. The van der Waals surface area contributed by atoms with Gasteiger partial charge in [-0.25, -0.2) is 9.97 Å². The Bertz CT molecular complexity index is 556. The summed E-state index contributed by atoms with van der Waals surface area (Å²) in [5, 5.41) is 12.1. The summed E-state index contributed by atoms with van der Waals surface area (Å²) < 4.78 is 0. The first kappa shape index (κ1) is 11.6. The summed E-state index contributed by atoms with van der Waals surface area (Å²) >= 11 is 1.73. The summed E-state index contributed by atoms with van der Waals surface area (Å²) in [5.41, 5.74) is 0.327. The Morgan fingerprint density at radius 2 is 2.12 bits per heavy atom. The zero-order valence-corrected chi connectivity index (χ0v) is 10.5. The van der Waals surface area contributed by atoms with Crippen LogP contribution >= 0.6 is 11.3 Å².